The highest BCUT2D eigenvalue weighted by molar-refractivity contribution is 7.80. The van der Waals surface area contributed by atoms with Crippen LogP contribution in [0, 0.1) is 6.92 Å². The van der Waals surface area contributed by atoms with Crippen molar-refractivity contribution in [3.05, 3.63) is 71.0 Å². The molecule has 0 aliphatic heterocycles. The first-order valence-electron chi connectivity index (χ1n) is 7.65. The minimum Gasteiger partial charge on any atom is -0.331 e. The van der Waals surface area contributed by atoms with Crippen LogP contribution in [0.1, 0.15) is 16.2 Å². The molecule has 0 spiro atoms. The van der Waals surface area contributed by atoms with Crippen LogP contribution in [0.4, 0.5) is 5.69 Å². The third-order valence-corrected chi connectivity index (χ3v) is 3.96. The van der Waals surface area contributed by atoms with Crippen molar-refractivity contribution in [1.29, 1.82) is 0 Å². The van der Waals surface area contributed by atoms with E-state index >= 15 is 0 Å². The highest BCUT2D eigenvalue weighted by Crippen LogP contribution is 2.13. The summed E-state index contributed by atoms with van der Waals surface area (Å²) in [5.74, 6) is -0.440. The second-order valence-corrected chi connectivity index (χ2v) is 6.16. The van der Waals surface area contributed by atoms with Gasteiger partial charge < -0.3 is 5.32 Å². The number of halogens is 1. The van der Waals surface area contributed by atoms with E-state index in [0.717, 1.165) is 11.4 Å². The van der Waals surface area contributed by atoms with Crippen molar-refractivity contribution < 1.29 is 4.79 Å². The van der Waals surface area contributed by atoms with Gasteiger partial charge in [0.25, 0.3) is 5.91 Å². The van der Waals surface area contributed by atoms with Crippen LogP contribution in [0.5, 0.6) is 0 Å². The van der Waals surface area contributed by atoms with Crippen molar-refractivity contribution in [2.75, 3.05) is 5.32 Å². The van der Waals surface area contributed by atoms with Gasteiger partial charge in [0.1, 0.15) is 0 Å². The van der Waals surface area contributed by atoms with E-state index < -0.39 is 5.91 Å². The Morgan fingerprint density at radius 1 is 1.08 bits per heavy atom. The van der Waals surface area contributed by atoms with Gasteiger partial charge in [0.15, 0.2) is 10.8 Å². The number of benzene rings is 2. The lowest BCUT2D eigenvalue weighted by atomic mass is 10.3. The van der Waals surface area contributed by atoms with Gasteiger partial charge in [-0.1, -0.05) is 35.0 Å². The standard InChI is InChI=1S/C17H15ClN6OS/c1-11-15(20-23-24(11)14-5-3-2-4-6-14)16(25)21-22-17(26)19-13-9-7-12(18)8-10-13/h2-10H,1H3,(H,21,25)(H2,19,22,26). The van der Waals surface area contributed by atoms with Gasteiger partial charge in [-0.3, -0.25) is 15.6 Å². The summed E-state index contributed by atoms with van der Waals surface area (Å²) in [6.45, 7) is 1.77. The maximum atomic E-state index is 12.3. The average molecular weight is 387 g/mol. The molecular formula is C17H15ClN6OS. The Morgan fingerprint density at radius 3 is 2.46 bits per heavy atom. The molecule has 0 unspecified atom stereocenters. The van der Waals surface area contributed by atoms with E-state index in [9.17, 15) is 4.79 Å². The Balaban J connectivity index is 1.61. The predicted octanol–water partition coefficient (Wildman–Crippen LogP) is 2.86. The first-order chi connectivity index (χ1) is 12.5. The molecule has 132 valence electrons. The number of nitrogens with one attached hydrogen (secondary N) is 3. The van der Waals surface area contributed by atoms with Crippen LogP contribution in [0.25, 0.3) is 5.69 Å². The van der Waals surface area contributed by atoms with E-state index in [1.54, 1.807) is 35.9 Å². The highest BCUT2D eigenvalue weighted by atomic mass is 35.5. The summed E-state index contributed by atoms with van der Waals surface area (Å²) in [6, 6.07) is 16.5. The summed E-state index contributed by atoms with van der Waals surface area (Å²) in [7, 11) is 0. The first kappa shape index (κ1) is 17.8. The molecular weight excluding hydrogens is 372 g/mol. The van der Waals surface area contributed by atoms with Crippen molar-refractivity contribution in [2.24, 2.45) is 0 Å². The molecule has 9 heteroatoms. The van der Waals surface area contributed by atoms with Crippen LogP contribution >= 0.6 is 23.8 Å². The van der Waals surface area contributed by atoms with E-state index in [-0.39, 0.29) is 10.8 Å². The second kappa shape index (κ2) is 7.94. The van der Waals surface area contributed by atoms with Gasteiger partial charge in [0, 0.05) is 10.7 Å². The van der Waals surface area contributed by atoms with Gasteiger partial charge in [-0.15, -0.1) is 5.10 Å². The number of amides is 1. The van der Waals surface area contributed by atoms with E-state index in [1.165, 1.54) is 0 Å². The SMILES string of the molecule is Cc1c(C(=O)NNC(=S)Nc2ccc(Cl)cc2)nnn1-c1ccccc1. The quantitative estimate of drug-likeness (QED) is 0.474. The molecule has 1 heterocycles. The molecule has 0 aliphatic carbocycles. The van der Waals surface area contributed by atoms with Crippen molar-refractivity contribution >= 4 is 40.5 Å². The third-order valence-electron chi connectivity index (χ3n) is 3.50. The van der Waals surface area contributed by atoms with E-state index in [1.807, 2.05) is 30.3 Å². The molecule has 26 heavy (non-hydrogen) atoms. The van der Waals surface area contributed by atoms with Crippen LogP contribution < -0.4 is 16.2 Å². The highest BCUT2D eigenvalue weighted by Gasteiger charge is 2.17. The smallest absolute Gasteiger partial charge is 0.292 e. The van der Waals surface area contributed by atoms with Gasteiger partial charge in [0.05, 0.1) is 11.4 Å². The normalized spacial score (nSPS) is 10.2. The summed E-state index contributed by atoms with van der Waals surface area (Å²) < 4.78 is 1.60. The van der Waals surface area contributed by atoms with E-state index in [4.69, 9.17) is 23.8 Å². The molecule has 3 N–H and O–H groups in total. The van der Waals surface area contributed by atoms with Crippen molar-refractivity contribution in [1.82, 2.24) is 25.8 Å². The topological polar surface area (TPSA) is 83.9 Å². The Morgan fingerprint density at radius 2 is 1.77 bits per heavy atom. The predicted molar refractivity (Wildman–Crippen MR) is 104 cm³/mol. The number of carbonyl (C=O) groups excluding carboxylic acids is 1. The summed E-state index contributed by atoms with van der Waals surface area (Å²) >= 11 is 11.0. The fraction of sp³-hybridized carbons (Fsp3) is 0.0588. The zero-order valence-electron chi connectivity index (χ0n) is 13.7. The fourth-order valence-electron chi connectivity index (χ4n) is 2.22. The molecule has 0 fully saturated rings. The third kappa shape index (κ3) is 4.16. The number of aromatic nitrogens is 3. The van der Waals surface area contributed by atoms with Crippen LogP contribution in [0.2, 0.25) is 5.02 Å². The molecule has 7 nitrogen and oxygen atoms in total. The largest absolute Gasteiger partial charge is 0.331 e. The maximum Gasteiger partial charge on any atom is 0.292 e. The summed E-state index contributed by atoms with van der Waals surface area (Å²) in [5, 5.41) is 11.8. The van der Waals surface area contributed by atoms with Crippen LogP contribution in [-0.2, 0) is 0 Å². The lowest BCUT2D eigenvalue weighted by Gasteiger charge is -2.11. The number of thiocarbonyl (C=S) groups is 1. The maximum absolute atomic E-state index is 12.3. The number of nitrogens with zero attached hydrogens (tertiary/aromatic N) is 3. The van der Waals surface area contributed by atoms with Crippen molar-refractivity contribution in [2.45, 2.75) is 6.92 Å². The Kier molecular flexibility index (Phi) is 5.45. The zero-order chi connectivity index (χ0) is 18.5. The monoisotopic (exact) mass is 386 g/mol. The minimum atomic E-state index is -0.440. The van der Waals surface area contributed by atoms with E-state index in [2.05, 4.69) is 26.5 Å². The molecule has 0 saturated heterocycles. The van der Waals surface area contributed by atoms with Crippen molar-refractivity contribution in [3.63, 3.8) is 0 Å². The molecule has 0 aliphatic rings. The molecule has 1 aromatic heterocycles. The number of carbonyl (C=O) groups is 1. The molecule has 3 aromatic rings. The van der Waals surface area contributed by atoms with Gasteiger partial charge in [-0.05, 0) is 55.5 Å². The minimum absolute atomic E-state index is 0.204. The summed E-state index contributed by atoms with van der Waals surface area (Å²) in [4.78, 5) is 12.3. The fourth-order valence-corrected chi connectivity index (χ4v) is 2.52. The molecule has 0 bridgehead atoms. The van der Waals surface area contributed by atoms with Crippen molar-refractivity contribution in [3.8, 4) is 5.69 Å². The molecule has 0 atom stereocenters. The van der Waals surface area contributed by atoms with Crippen LogP contribution in [-0.4, -0.2) is 26.0 Å². The number of hydrazine groups is 1. The van der Waals surface area contributed by atoms with Gasteiger partial charge in [-0.2, -0.15) is 0 Å². The van der Waals surface area contributed by atoms with Gasteiger partial charge >= 0.3 is 0 Å². The van der Waals surface area contributed by atoms with E-state index in [0.29, 0.717) is 10.7 Å². The summed E-state index contributed by atoms with van der Waals surface area (Å²) in [5.41, 5.74) is 7.52. The number of rotatable bonds is 3. The zero-order valence-corrected chi connectivity index (χ0v) is 15.3. The first-order valence-corrected chi connectivity index (χ1v) is 8.44. The molecule has 2 aromatic carbocycles. The Hall–Kier alpha value is -2.97. The molecule has 1 amide bonds. The Bertz CT molecular complexity index is 926. The number of hydrogen-bond acceptors (Lipinski definition) is 4. The Labute approximate surface area is 160 Å². The molecule has 0 saturated carbocycles. The summed E-state index contributed by atoms with van der Waals surface area (Å²) in [6.07, 6.45) is 0. The lowest BCUT2D eigenvalue weighted by molar-refractivity contribution is 0.0938. The number of hydrogen-bond donors (Lipinski definition) is 3. The average Bonchev–Trinajstić information content (AvgIpc) is 3.04. The number of para-hydroxylation sites is 1. The van der Waals surface area contributed by atoms with Crippen LogP contribution in [0.15, 0.2) is 54.6 Å². The second-order valence-electron chi connectivity index (χ2n) is 5.31. The van der Waals surface area contributed by atoms with Gasteiger partial charge in [-0.25, -0.2) is 4.68 Å². The molecule has 3 rings (SSSR count). The number of anilines is 1. The van der Waals surface area contributed by atoms with Gasteiger partial charge in [0.2, 0.25) is 0 Å². The lowest BCUT2D eigenvalue weighted by Crippen LogP contribution is -2.44. The molecule has 0 radical (unpaired) electrons. The van der Waals surface area contributed by atoms with Crippen LogP contribution in [0.3, 0.4) is 0 Å².